The topological polar surface area (TPSA) is 75.7 Å². The van der Waals surface area contributed by atoms with Gasteiger partial charge in [0.15, 0.2) is 0 Å². The number of anilines is 1. The van der Waals surface area contributed by atoms with Gasteiger partial charge < -0.3 is 10.1 Å². The number of benzene rings is 2. The van der Waals surface area contributed by atoms with Crippen LogP contribution in [0, 0.1) is 5.92 Å². The van der Waals surface area contributed by atoms with E-state index in [1.165, 1.54) is 17.0 Å². The molecule has 0 saturated heterocycles. The van der Waals surface area contributed by atoms with Gasteiger partial charge in [0.2, 0.25) is 10.0 Å². The van der Waals surface area contributed by atoms with Crippen LogP contribution in [0.15, 0.2) is 48.5 Å². The van der Waals surface area contributed by atoms with Crippen molar-refractivity contribution in [2.24, 2.45) is 5.92 Å². The number of rotatable bonds is 13. The van der Waals surface area contributed by atoms with Crippen LogP contribution in [0.5, 0.6) is 5.75 Å². The molecule has 0 saturated carbocycles. The van der Waals surface area contributed by atoms with Gasteiger partial charge in [0.1, 0.15) is 5.75 Å². The molecule has 0 fully saturated rings. The SMILES string of the molecule is CCCCC(CC)CNC(=O)c1ccc(CN(c2ccc(OC(C)C)cc2)S(C)(=O)=O)cc1. The number of hydrogen-bond acceptors (Lipinski definition) is 4. The Morgan fingerprint density at radius 2 is 1.67 bits per heavy atom. The summed E-state index contributed by atoms with van der Waals surface area (Å²) in [6, 6.07) is 14.1. The summed E-state index contributed by atoms with van der Waals surface area (Å²) < 4.78 is 31.9. The maximum atomic E-state index is 12.5. The second-order valence-corrected chi connectivity index (χ2v) is 10.7. The van der Waals surface area contributed by atoms with Gasteiger partial charge in [-0.1, -0.05) is 45.2 Å². The number of amides is 1. The third-order valence-corrected chi connectivity index (χ3v) is 6.67. The molecule has 1 amide bonds. The third-order valence-electron chi connectivity index (χ3n) is 5.53. The molecule has 0 aliphatic rings. The molecule has 0 radical (unpaired) electrons. The molecule has 1 atom stereocenters. The summed E-state index contributed by atoms with van der Waals surface area (Å²) in [7, 11) is -3.49. The summed E-state index contributed by atoms with van der Waals surface area (Å²) in [4.78, 5) is 12.5. The number of carbonyl (C=O) groups excluding carboxylic acids is 1. The van der Waals surface area contributed by atoms with Gasteiger partial charge in [-0.25, -0.2) is 8.42 Å². The number of ether oxygens (including phenoxy) is 1. The van der Waals surface area contributed by atoms with E-state index in [1.807, 2.05) is 13.8 Å². The fraction of sp³-hybridized carbons (Fsp3) is 0.500. The molecule has 6 nitrogen and oxygen atoms in total. The molecule has 182 valence electrons. The molecule has 2 aromatic carbocycles. The van der Waals surface area contributed by atoms with Crippen molar-refractivity contribution in [2.75, 3.05) is 17.1 Å². The zero-order chi connectivity index (χ0) is 24.4. The Morgan fingerprint density at radius 3 is 2.18 bits per heavy atom. The Morgan fingerprint density at radius 1 is 1.03 bits per heavy atom. The number of sulfonamides is 1. The van der Waals surface area contributed by atoms with Crippen molar-refractivity contribution in [1.82, 2.24) is 5.32 Å². The van der Waals surface area contributed by atoms with Crippen LogP contribution in [-0.2, 0) is 16.6 Å². The van der Waals surface area contributed by atoms with Gasteiger partial charge in [0.05, 0.1) is 24.6 Å². The first-order valence-electron chi connectivity index (χ1n) is 11.8. The first-order valence-corrected chi connectivity index (χ1v) is 13.6. The predicted octanol–water partition coefficient (Wildman–Crippen LogP) is 5.39. The molecule has 0 heterocycles. The molecule has 0 aromatic heterocycles. The molecule has 2 aromatic rings. The molecule has 0 spiro atoms. The van der Waals surface area contributed by atoms with Crippen molar-refractivity contribution >= 4 is 21.6 Å². The quantitative estimate of drug-likeness (QED) is 0.422. The van der Waals surface area contributed by atoms with Gasteiger partial charge in [-0.2, -0.15) is 0 Å². The Labute approximate surface area is 199 Å². The van der Waals surface area contributed by atoms with Gasteiger partial charge >= 0.3 is 0 Å². The molecule has 1 unspecified atom stereocenters. The minimum absolute atomic E-state index is 0.0433. The summed E-state index contributed by atoms with van der Waals surface area (Å²) in [6.45, 7) is 9.06. The Balaban J connectivity index is 2.06. The van der Waals surface area contributed by atoms with Gasteiger partial charge in [0.25, 0.3) is 5.91 Å². The fourth-order valence-electron chi connectivity index (χ4n) is 3.57. The average Bonchev–Trinajstić information content (AvgIpc) is 2.77. The molecule has 2 rings (SSSR count). The largest absolute Gasteiger partial charge is 0.491 e. The highest BCUT2D eigenvalue weighted by Gasteiger charge is 2.18. The number of hydrogen-bond donors (Lipinski definition) is 1. The van der Waals surface area contributed by atoms with Crippen LogP contribution in [0.3, 0.4) is 0 Å². The van der Waals surface area contributed by atoms with Gasteiger partial charge in [-0.15, -0.1) is 0 Å². The molecule has 0 bridgehead atoms. The Bertz CT molecular complexity index is 970. The van der Waals surface area contributed by atoms with E-state index in [2.05, 4.69) is 19.2 Å². The number of nitrogens with one attached hydrogen (secondary N) is 1. The van der Waals surface area contributed by atoms with E-state index in [1.54, 1.807) is 48.5 Å². The minimum atomic E-state index is -3.49. The lowest BCUT2D eigenvalue weighted by atomic mass is 9.99. The standard InChI is InChI=1S/C26H38N2O4S/c1-6-8-9-21(7-2)18-27-26(29)23-12-10-22(11-13-23)19-28(33(5,30)31)24-14-16-25(17-15-24)32-20(3)4/h10-17,20-21H,6-9,18-19H2,1-5H3,(H,27,29). The third kappa shape index (κ3) is 8.72. The Kier molecular flexibility index (Phi) is 10.2. The monoisotopic (exact) mass is 474 g/mol. The van der Waals surface area contributed by atoms with Crippen LogP contribution >= 0.6 is 0 Å². The summed E-state index contributed by atoms with van der Waals surface area (Å²) in [6.07, 6.45) is 5.74. The molecular formula is C26H38N2O4S. The van der Waals surface area contributed by atoms with Crippen molar-refractivity contribution in [2.45, 2.75) is 66.0 Å². The van der Waals surface area contributed by atoms with Crippen molar-refractivity contribution in [3.63, 3.8) is 0 Å². The maximum absolute atomic E-state index is 12.5. The number of unbranched alkanes of at least 4 members (excludes halogenated alkanes) is 1. The van der Waals surface area contributed by atoms with Crippen molar-refractivity contribution in [3.8, 4) is 5.75 Å². The van der Waals surface area contributed by atoms with Gasteiger partial charge in [0, 0.05) is 12.1 Å². The lowest BCUT2D eigenvalue weighted by Gasteiger charge is -2.23. The normalized spacial score (nSPS) is 12.4. The van der Waals surface area contributed by atoms with Crippen LogP contribution in [0.1, 0.15) is 69.3 Å². The predicted molar refractivity (Wildman–Crippen MR) is 135 cm³/mol. The number of carbonyl (C=O) groups is 1. The molecule has 1 N–H and O–H groups in total. The fourth-order valence-corrected chi connectivity index (χ4v) is 4.46. The van der Waals surface area contributed by atoms with E-state index in [9.17, 15) is 13.2 Å². The Hall–Kier alpha value is -2.54. The van der Waals surface area contributed by atoms with Crippen LogP contribution in [0.4, 0.5) is 5.69 Å². The molecule has 33 heavy (non-hydrogen) atoms. The second-order valence-electron chi connectivity index (χ2n) is 8.75. The van der Waals surface area contributed by atoms with Crippen LogP contribution in [-0.4, -0.2) is 33.2 Å². The summed E-state index contributed by atoms with van der Waals surface area (Å²) in [5.74, 6) is 1.09. The lowest BCUT2D eigenvalue weighted by molar-refractivity contribution is 0.0945. The molecular weight excluding hydrogens is 436 g/mol. The van der Waals surface area contributed by atoms with Gasteiger partial charge in [-0.05, 0) is 68.1 Å². The first-order chi connectivity index (χ1) is 15.6. The average molecular weight is 475 g/mol. The van der Waals surface area contributed by atoms with Crippen molar-refractivity contribution in [3.05, 3.63) is 59.7 Å². The highest BCUT2D eigenvalue weighted by atomic mass is 32.2. The van der Waals surface area contributed by atoms with E-state index in [4.69, 9.17) is 4.74 Å². The van der Waals surface area contributed by atoms with Gasteiger partial charge in [-0.3, -0.25) is 9.10 Å². The lowest BCUT2D eigenvalue weighted by Crippen LogP contribution is -2.30. The van der Waals surface area contributed by atoms with E-state index in [0.29, 0.717) is 29.5 Å². The second kappa shape index (κ2) is 12.6. The zero-order valence-electron chi connectivity index (χ0n) is 20.5. The maximum Gasteiger partial charge on any atom is 0.251 e. The molecule has 0 aliphatic heterocycles. The van der Waals surface area contributed by atoms with E-state index in [-0.39, 0.29) is 18.6 Å². The van der Waals surface area contributed by atoms with E-state index >= 15 is 0 Å². The molecule has 0 aliphatic carbocycles. The minimum Gasteiger partial charge on any atom is -0.491 e. The summed E-state index contributed by atoms with van der Waals surface area (Å²) >= 11 is 0. The van der Waals surface area contributed by atoms with Crippen LogP contribution in [0.25, 0.3) is 0 Å². The first kappa shape index (κ1) is 26.7. The highest BCUT2D eigenvalue weighted by molar-refractivity contribution is 7.92. The number of nitrogens with zero attached hydrogens (tertiary/aromatic N) is 1. The zero-order valence-corrected chi connectivity index (χ0v) is 21.3. The highest BCUT2D eigenvalue weighted by Crippen LogP contribution is 2.24. The van der Waals surface area contributed by atoms with Crippen LogP contribution in [0.2, 0.25) is 0 Å². The van der Waals surface area contributed by atoms with E-state index < -0.39 is 10.0 Å². The van der Waals surface area contributed by atoms with Crippen molar-refractivity contribution in [1.29, 1.82) is 0 Å². The summed E-state index contributed by atoms with van der Waals surface area (Å²) in [5.41, 5.74) is 1.94. The summed E-state index contributed by atoms with van der Waals surface area (Å²) in [5, 5.41) is 3.03. The van der Waals surface area contributed by atoms with E-state index in [0.717, 1.165) is 24.8 Å². The van der Waals surface area contributed by atoms with Crippen LogP contribution < -0.4 is 14.4 Å². The van der Waals surface area contributed by atoms with Crippen molar-refractivity contribution < 1.29 is 17.9 Å². The molecule has 7 heteroatoms. The smallest absolute Gasteiger partial charge is 0.251 e.